The van der Waals surface area contributed by atoms with E-state index in [0.717, 1.165) is 34.4 Å². The number of ether oxygens (including phenoxy) is 2. The Kier molecular flexibility index (Phi) is 3.04. The van der Waals surface area contributed by atoms with Crippen molar-refractivity contribution in [3.63, 3.8) is 0 Å². The monoisotopic (exact) mass is 274 g/mol. The quantitative estimate of drug-likeness (QED) is 0.902. The Morgan fingerprint density at radius 1 is 1.55 bits per heavy atom. The van der Waals surface area contributed by atoms with Crippen molar-refractivity contribution in [2.24, 2.45) is 0 Å². The molecule has 5 nitrogen and oxygen atoms in total. The van der Waals surface area contributed by atoms with E-state index in [9.17, 15) is 4.79 Å². The van der Waals surface area contributed by atoms with Gasteiger partial charge in [-0.2, -0.15) is 0 Å². The van der Waals surface area contributed by atoms with Crippen LogP contribution in [-0.4, -0.2) is 30.6 Å². The molecular weight excluding hydrogens is 256 g/mol. The van der Waals surface area contributed by atoms with E-state index in [1.165, 1.54) is 0 Å². The van der Waals surface area contributed by atoms with Crippen molar-refractivity contribution in [2.45, 2.75) is 26.4 Å². The third kappa shape index (κ3) is 1.90. The topological polar surface area (TPSA) is 63.4 Å². The number of benzene rings is 1. The van der Waals surface area contributed by atoms with Gasteiger partial charge in [0.05, 0.1) is 12.1 Å². The van der Waals surface area contributed by atoms with E-state index >= 15 is 0 Å². The number of aromatic nitrogens is 1. The van der Waals surface area contributed by atoms with Gasteiger partial charge in [-0.1, -0.05) is 0 Å². The van der Waals surface area contributed by atoms with E-state index in [0.29, 0.717) is 12.3 Å². The standard InChI is InChI=1S/C15H18N2O3/c1-4-19-12-6-9-5-8(2)20-14(9)13-10(12)7-11(17-13)15(18)16-3/h6-8,17H,4-5H2,1-3H3,(H,16,18)/t8-/m0/s1. The van der Waals surface area contributed by atoms with E-state index in [-0.39, 0.29) is 12.0 Å². The Labute approximate surface area is 117 Å². The Morgan fingerprint density at radius 3 is 3.05 bits per heavy atom. The zero-order valence-corrected chi connectivity index (χ0v) is 11.9. The maximum Gasteiger partial charge on any atom is 0.267 e. The number of carbonyl (C=O) groups excluding carboxylic acids is 1. The molecule has 0 saturated heterocycles. The molecule has 1 aliphatic heterocycles. The minimum absolute atomic E-state index is 0.150. The van der Waals surface area contributed by atoms with Crippen LogP contribution in [0.1, 0.15) is 29.9 Å². The molecule has 2 N–H and O–H groups in total. The zero-order chi connectivity index (χ0) is 14.3. The van der Waals surface area contributed by atoms with E-state index < -0.39 is 0 Å². The maximum atomic E-state index is 11.8. The van der Waals surface area contributed by atoms with Crippen LogP contribution in [0.3, 0.4) is 0 Å². The Bertz CT molecular complexity index is 675. The number of amides is 1. The molecule has 1 atom stereocenters. The molecule has 106 valence electrons. The van der Waals surface area contributed by atoms with Crippen LogP contribution >= 0.6 is 0 Å². The van der Waals surface area contributed by atoms with Gasteiger partial charge >= 0.3 is 0 Å². The SMILES string of the molecule is CCOc1cc2c(c3[nH]c(C(=O)NC)cc13)O[C@@H](C)C2. The first-order valence-corrected chi connectivity index (χ1v) is 6.84. The first-order valence-electron chi connectivity index (χ1n) is 6.84. The lowest BCUT2D eigenvalue weighted by atomic mass is 10.1. The van der Waals surface area contributed by atoms with Crippen molar-refractivity contribution in [1.82, 2.24) is 10.3 Å². The largest absolute Gasteiger partial charge is 0.493 e. The summed E-state index contributed by atoms with van der Waals surface area (Å²) in [6.45, 7) is 4.57. The number of carbonyl (C=O) groups is 1. The number of H-pyrrole nitrogens is 1. The van der Waals surface area contributed by atoms with Gasteiger partial charge in [0, 0.05) is 24.4 Å². The van der Waals surface area contributed by atoms with Crippen molar-refractivity contribution in [3.8, 4) is 11.5 Å². The molecule has 1 aromatic heterocycles. The molecule has 0 aliphatic carbocycles. The Morgan fingerprint density at radius 2 is 2.35 bits per heavy atom. The predicted molar refractivity (Wildman–Crippen MR) is 76.7 cm³/mol. The summed E-state index contributed by atoms with van der Waals surface area (Å²) in [6, 6.07) is 3.83. The normalized spacial score (nSPS) is 16.9. The zero-order valence-electron chi connectivity index (χ0n) is 11.9. The highest BCUT2D eigenvalue weighted by atomic mass is 16.5. The van der Waals surface area contributed by atoms with Gasteiger partial charge in [0.1, 0.15) is 23.3 Å². The molecule has 0 fully saturated rings. The summed E-state index contributed by atoms with van der Waals surface area (Å²) in [5, 5.41) is 3.51. The number of rotatable bonds is 3. The lowest BCUT2D eigenvalue weighted by molar-refractivity contribution is 0.0959. The summed E-state index contributed by atoms with van der Waals surface area (Å²) in [4.78, 5) is 14.9. The third-order valence-corrected chi connectivity index (χ3v) is 3.51. The fourth-order valence-electron chi connectivity index (χ4n) is 2.66. The van der Waals surface area contributed by atoms with Crippen molar-refractivity contribution >= 4 is 16.8 Å². The lowest BCUT2D eigenvalue weighted by Gasteiger charge is -2.08. The first-order chi connectivity index (χ1) is 9.63. The molecule has 1 amide bonds. The number of nitrogens with one attached hydrogen (secondary N) is 2. The van der Waals surface area contributed by atoms with Gasteiger partial charge in [-0.25, -0.2) is 0 Å². The van der Waals surface area contributed by atoms with Crippen LogP contribution in [0.5, 0.6) is 11.5 Å². The van der Waals surface area contributed by atoms with Crippen LogP contribution in [0.4, 0.5) is 0 Å². The first kappa shape index (κ1) is 12.8. The van der Waals surface area contributed by atoms with Crippen molar-refractivity contribution in [2.75, 3.05) is 13.7 Å². The minimum atomic E-state index is -0.150. The number of hydrogen-bond acceptors (Lipinski definition) is 3. The van der Waals surface area contributed by atoms with Crippen molar-refractivity contribution < 1.29 is 14.3 Å². The van der Waals surface area contributed by atoms with Gasteiger partial charge in [0.15, 0.2) is 0 Å². The number of fused-ring (bicyclic) bond motifs is 3. The van der Waals surface area contributed by atoms with Gasteiger partial charge in [0.25, 0.3) is 5.91 Å². The van der Waals surface area contributed by atoms with Crippen LogP contribution in [0, 0.1) is 0 Å². The molecule has 0 radical (unpaired) electrons. The second kappa shape index (κ2) is 4.74. The molecule has 5 heteroatoms. The number of aromatic amines is 1. The molecule has 3 rings (SSSR count). The molecule has 0 bridgehead atoms. The van der Waals surface area contributed by atoms with Crippen LogP contribution in [0.15, 0.2) is 12.1 Å². The highest BCUT2D eigenvalue weighted by Crippen LogP contribution is 2.41. The molecular formula is C15H18N2O3. The molecule has 2 aromatic rings. The van der Waals surface area contributed by atoms with Gasteiger partial charge in [-0.3, -0.25) is 4.79 Å². The predicted octanol–water partition coefficient (Wildman–Crippen LogP) is 2.25. The van der Waals surface area contributed by atoms with E-state index in [1.54, 1.807) is 7.05 Å². The fourth-order valence-corrected chi connectivity index (χ4v) is 2.66. The maximum absolute atomic E-state index is 11.8. The van der Waals surface area contributed by atoms with Crippen LogP contribution in [0.2, 0.25) is 0 Å². The molecule has 2 heterocycles. The van der Waals surface area contributed by atoms with E-state index in [1.807, 2.05) is 26.0 Å². The summed E-state index contributed by atoms with van der Waals surface area (Å²) >= 11 is 0. The fraction of sp³-hybridized carbons (Fsp3) is 0.400. The van der Waals surface area contributed by atoms with Gasteiger partial charge < -0.3 is 19.8 Å². The second-order valence-electron chi connectivity index (χ2n) is 4.98. The molecule has 1 aliphatic rings. The van der Waals surface area contributed by atoms with Gasteiger partial charge in [-0.15, -0.1) is 0 Å². The summed E-state index contributed by atoms with van der Waals surface area (Å²) < 4.78 is 11.6. The molecule has 0 spiro atoms. The highest BCUT2D eigenvalue weighted by molar-refractivity contribution is 6.02. The van der Waals surface area contributed by atoms with Crippen molar-refractivity contribution in [3.05, 3.63) is 23.4 Å². The summed E-state index contributed by atoms with van der Waals surface area (Å²) in [5.74, 6) is 1.49. The summed E-state index contributed by atoms with van der Waals surface area (Å²) in [5.41, 5.74) is 2.48. The number of hydrogen-bond donors (Lipinski definition) is 2. The van der Waals surface area contributed by atoms with Gasteiger partial charge in [-0.05, 0) is 26.0 Å². The highest BCUT2D eigenvalue weighted by Gasteiger charge is 2.25. The Hall–Kier alpha value is -2.17. The third-order valence-electron chi connectivity index (χ3n) is 3.51. The van der Waals surface area contributed by atoms with Gasteiger partial charge in [0.2, 0.25) is 0 Å². The second-order valence-corrected chi connectivity index (χ2v) is 4.98. The average Bonchev–Trinajstić information content (AvgIpc) is 3.01. The molecule has 20 heavy (non-hydrogen) atoms. The van der Waals surface area contributed by atoms with E-state index in [4.69, 9.17) is 9.47 Å². The molecule has 0 saturated carbocycles. The van der Waals surface area contributed by atoms with Crippen LogP contribution in [0.25, 0.3) is 10.9 Å². The minimum Gasteiger partial charge on any atom is -0.493 e. The summed E-state index contributed by atoms with van der Waals surface area (Å²) in [6.07, 6.45) is 1.01. The lowest BCUT2D eigenvalue weighted by Crippen LogP contribution is -2.17. The smallest absolute Gasteiger partial charge is 0.267 e. The Balaban J connectivity index is 2.22. The molecule has 1 aromatic carbocycles. The van der Waals surface area contributed by atoms with Crippen molar-refractivity contribution in [1.29, 1.82) is 0 Å². The average molecular weight is 274 g/mol. The van der Waals surface area contributed by atoms with Crippen LogP contribution in [-0.2, 0) is 6.42 Å². The summed E-state index contributed by atoms with van der Waals surface area (Å²) in [7, 11) is 1.61. The molecule has 0 unspecified atom stereocenters. The van der Waals surface area contributed by atoms with E-state index in [2.05, 4.69) is 10.3 Å². The van der Waals surface area contributed by atoms with Crippen LogP contribution < -0.4 is 14.8 Å².